The Labute approximate surface area is 294 Å². The van der Waals surface area contributed by atoms with Crippen molar-refractivity contribution in [1.82, 2.24) is 4.98 Å². The minimum absolute atomic E-state index is 0.602. The van der Waals surface area contributed by atoms with Gasteiger partial charge in [0, 0.05) is 45.5 Å². The van der Waals surface area contributed by atoms with Gasteiger partial charge in [0.25, 0.3) is 0 Å². The van der Waals surface area contributed by atoms with Crippen molar-refractivity contribution in [2.75, 3.05) is 4.90 Å². The van der Waals surface area contributed by atoms with E-state index in [1.165, 1.54) is 27.5 Å². The molecule has 0 atom stereocenters. The standard InChI is InChI=1S/C47H30N2O2/c1-3-10-31(11-4-1)36-16-9-17-39(27-36)49(38-22-20-33(21-23-38)37-19-18-32-12-7-8-15-35(32)26-37)40-24-25-41-42-29-46-43(30-45(42)50-44(41)28-40)48-47(51-46)34-13-5-2-6-14-34/h1-30H. The fourth-order valence-corrected chi connectivity index (χ4v) is 7.10. The van der Waals surface area contributed by atoms with E-state index in [-0.39, 0.29) is 0 Å². The number of nitrogens with zero attached hydrogens (tertiary/aromatic N) is 2. The van der Waals surface area contributed by atoms with Crippen LogP contribution in [-0.2, 0) is 0 Å². The highest BCUT2D eigenvalue weighted by Gasteiger charge is 2.18. The van der Waals surface area contributed by atoms with Gasteiger partial charge in [-0.25, -0.2) is 4.98 Å². The molecule has 0 fully saturated rings. The van der Waals surface area contributed by atoms with Crippen molar-refractivity contribution in [3.63, 3.8) is 0 Å². The molecule has 4 nitrogen and oxygen atoms in total. The van der Waals surface area contributed by atoms with Gasteiger partial charge >= 0.3 is 0 Å². The van der Waals surface area contributed by atoms with Crippen LogP contribution in [0.15, 0.2) is 191 Å². The molecule has 0 N–H and O–H groups in total. The Kier molecular flexibility index (Phi) is 6.78. The molecule has 0 spiro atoms. The number of benzene rings is 8. The first-order valence-electron chi connectivity index (χ1n) is 17.1. The minimum Gasteiger partial charge on any atom is -0.456 e. The molecule has 10 rings (SSSR count). The average molecular weight is 655 g/mol. The van der Waals surface area contributed by atoms with Gasteiger partial charge in [0.15, 0.2) is 5.58 Å². The summed E-state index contributed by atoms with van der Waals surface area (Å²) in [4.78, 5) is 7.06. The van der Waals surface area contributed by atoms with Gasteiger partial charge in [0.05, 0.1) is 0 Å². The van der Waals surface area contributed by atoms with Crippen molar-refractivity contribution in [1.29, 1.82) is 0 Å². The molecule has 0 amide bonds. The van der Waals surface area contributed by atoms with E-state index in [1.807, 2.05) is 42.5 Å². The molecule has 10 aromatic rings. The van der Waals surface area contributed by atoms with E-state index in [0.29, 0.717) is 5.89 Å². The Morgan fingerprint density at radius 1 is 0.353 bits per heavy atom. The summed E-state index contributed by atoms with van der Waals surface area (Å²) in [6, 6.07) is 63.6. The zero-order chi connectivity index (χ0) is 33.7. The Balaban J connectivity index is 1.08. The minimum atomic E-state index is 0.602. The van der Waals surface area contributed by atoms with Crippen LogP contribution < -0.4 is 4.90 Å². The summed E-state index contributed by atoms with van der Waals surface area (Å²) in [7, 11) is 0. The van der Waals surface area contributed by atoms with E-state index in [4.69, 9.17) is 13.8 Å². The van der Waals surface area contributed by atoms with Crippen molar-refractivity contribution in [2.45, 2.75) is 0 Å². The van der Waals surface area contributed by atoms with E-state index >= 15 is 0 Å². The lowest BCUT2D eigenvalue weighted by Gasteiger charge is -2.26. The molecule has 0 saturated carbocycles. The van der Waals surface area contributed by atoms with Gasteiger partial charge in [-0.15, -0.1) is 0 Å². The molecule has 4 heteroatoms. The van der Waals surface area contributed by atoms with Gasteiger partial charge in [0.1, 0.15) is 16.7 Å². The second-order valence-electron chi connectivity index (χ2n) is 12.8. The highest BCUT2D eigenvalue weighted by atomic mass is 16.4. The van der Waals surface area contributed by atoms with Gasteiger partial charge in [0.2, 0.25) is 5.89 Å². The Bertz CT molecular complexity index is 2850. The highest BCUT2D eigenvalue weighted by molar-refractivity contribution is 6.09. The first-order chi connectivity index (χ1) is 25.2. The van der Waals surface area contributed by atoms with Crippen molar-refractivity contribution < 1.29 is 8.83 Å². The normalized spacial score (nSPS) is 11.5. The third kappa shape index (κ3) is 5.22. The lowest BCUT2D eigenvalue weighted by Crippen LogP contribution is -2.10. The lowest BCUT2D eigenvalue weighted by molar-refractivity contribution is 0.620. The van der Waals surface area contributed by atoms with Crippen LogP contribution in [0.1, 0.15) is 0 Å². The number of aromatic nitrogens is 1. The van der Waals surface area contributed by atoms with Crippen LogP contribution in [0, 0.1) is 0 Å². The van der Waals surface area contributed by atoms with E-state index in [2.05, 4.69) is 144 Å². The summed E-state index contributed by atoms with van der Waals surface area (Å²) in [6.45, 7) is 0. The van der Waals surface area contributed by atoms with Gasteiger partial charge in [-0.05, 0) is 93.7 Å². The van der Waals surface area contributed by atoms with E-state index in [1.54, 1.807) is 0 Å². The number of rotatable bonds is 6. The van der Waals surface area contributed by atoms with Crippen LogP contribution in [-0.4, -0.2) is 4.98 Å². The van der Waals surface area contributed by atoms with Crippen molar-refractivity contribution in [2.24, 2.45) is 0 Å². The summed E-state index contributed by atoms with van der Waals surface area (Å²) in [5.41, 5.74) is 11.8. The fraction of sp³-hybridized carbons (Fsp3) is 0. The smallest absolute Gasteiger partial charge is 0.227 e. The van der Waals surface area contributed by atoms with E-state index < -0.39 is 0 Å². The maximum Gasteiger partial charge on any atom is 0.227 e. The monoisotopic (exact) mass is 654 g/mol. The number of fused-ring (bicyclic) bond motifs is 5. The topological polar surface area (TPSA) is 42.4 Å². The van der Waals surface area contributed by atoms with E-state index in [0.717, 1.165) is 61.2 Å². The van der Waals surface area contributed by atoms with Gasteiger partial charge < -0.3 is 13.7 Å². The molecular weight excluding hydrogens is 625 g/mol. The lowest BCUT2D eigenvalue weighted by atomic mass is 10.0. The second-order valence-corrected chi connectivity index (χ2v) is 12.8. The van der Waals surface area contributed by atoms with Crippen molar-refractivity contribution >= 4 is 60.9 Å². The van der Waals surface area contributed by atoms with Crippen LogP contribution >= 0.6 is 0 Å². The molecule has 0 aliphatic rings. The molecule has 2 heterocycles. The predicted octanol–water partition coefficient (Wildman–Crippen LogP) is 13.4. The predicted molar refractivity (Wildman–Crippen MR) is 210 cm³/mol. The van der Waals surface area contributed by atoms with Crippen molar-refractivity contribution in [3.05, 3.63) is 182 Å². The fourth-order valence-electron chi connectivity index (χ4n) is 7.10. The van der Waals surface area contributed by atoms with Gasteiger partial charge in [-0.2, -0.15) is 0 Å². The third-order valence-electron chi connectivity index (χ3n) is 9.66. The summed E-state index contributed by atoms with van der Waals surface area (Å²) in [6.07, 6.45) is 0. The largest absolute Gasteiger partial charge is 0.456 e. The molecule has 0 saturated heterocycles. The third-order valence-corrected chi connectivity index (χ3v) is 9.66. The molecule has 240 valence electrons. The second kappa shape index (κ2) is 11.9. The van der Waals surface area contributed by atoms with Gasteiger partial charge in [-0.1, -0.05) is 109 Å². The average Bonchev–Trinajstić information content (AvgIpc) is 3.78. The molecule has 0 aliphatic carbocycles. The highest BCUT2D eigenvalue weighted by Crippen LogP contribution is 2.41. The molecule has 0 bridgehead atoms. The molecule has 51 heavy (non-hydrogen) atoms. The van der Waals surface area contributed by atoms with Crippen LogP contribution in [0.2, 0.25) is 0 Å². The van der Waals surface area contributed by atoms with Crippen LogP contribution in [0.3, 0.4) is 0 Å². The Morgan fingerprint density at radius 3 is 1.80 bits per heavy atom. The number of furan rings is 1. The molecule has 0 unspecified atom stereocenters. The Morgan fingerprint density at radius 2 is 0.980 bits per heavy atom. The first kappa shape index (κ1) is 29.0. The Hall–Kier alpha value is -6.91. The number of hydrogen-bond donors (Lipinski definition) is 0. The summed E-state index contributed by atoms with van der Waals surface area (Å²) in [5, 5.41) is 4.50. The molecule has 0 radical (unpaired) electrons. The van der Waals surface area contributed by atoms with Crippen LogP contribution in [0.25, 0.3) is 77.5 Å². The molecule has 8 aromatic carbocycles. The quantitative estimate of drug-likeness (QED) is 0.179. The zero-order valence-electron chi connectivity index (χ0n) is 27.5. The number of anilines is 3. The van der Waals surface area contributed by atoms with Crippen LogP contribution in [0.5, 0.6) is 0 Å². The maximum atomic E-state index is 6.53. The SMILES string of the molecule is c1ccc(-c2cccc(N(c3ccc(-c4ccc5ccccc5c4)cc3)c3ccc4c(c3)oc3cc5nc(-c6ccccc6)oc5cc34)c2)cc1. The van der Waals surface area contributed by atoms with E-state index in [9.17, 15) is 0 Å². The number of hydrogen-bond acceptors (Lipinski definition) is 4. The summed E-state index contributed by atoms with van der Waals surface area (Å²) >= 11 is 0. The maximum absolute atomic E-state index is 6.53. The van der Waals surface area contributed by atoms with Crippen LogP contribution in [0.4, 0.5) is 17.1 Å². The van der Waals surface area contributed by atoms with Crippen molar-refractivity contribution in [3.8, 4) is 33.7 Å². The molecule has 2 aromatic heterocycles. The molecule has 0 aliphatic heterocycles. The zero-order valence-corrected chi connectivity index (χ0v) is 27.5. The summed E-state index contributed by atoms with van der Waals surface area (Å²) < 4.78 is 12.7. The number of oxazole rings is 1. The summed E-state index contributed by atoms with van der Waals surface area (Å²) in [5.74, 6) is 0.602. The molecular formula is C47H30N2O2. The van der Waals surface area contributed by atoms with Gasteiger partial charge in [-0.3, -0.25) is 0 Å². The first-order valence-corrected chi connectivity index (χ1v) is 17.1.